The highest BCUT2D eigenvalue weighted by molar-refractivity contribution is 5.83. The summed E-state index contributed by atoms with van der Waals surface area (Å²) < 4.78 is 10.8. The Kier molecular flexibility index (Phi) is 6.39. The van der Waals surface area contributed by atoms with Gasteiger partial charge in [-0.05, 0) is 31.9 Å². The standard InChI is InChI=1S/C14H22N2O2/c1-4-17-14(18-5-2)13(15)16-10-12-9-7-6-8-11(12)3/h6-9,14H,4-5,10H2,1-3H3,(H2,15,16). The van der Waals surface area contributed by atoms with E-state index in [4.69, 9.17) is 15.2 Å². The molecule has 0 heterocycles. The minimum Gasteiger partial charge on any atom is -0.383 e. The summed E-state index contributed by atoms with van der Waals surface area (Å²) in [6, 6.07) is 8.11. The molecular formula is C14H22N2O2. The topological polar surface area (TPSA) is 56.8 Å². The number of nitrogens with two attached hydrogens (primary N) is 1. The molecule has 0 atom stereocenters. The summed E-state index contributed by atoms with van der Waals surface area (Å²) in [7, 11) is 0. The number of nitrogens with zero attached hydrogens (tertiary/aromatic N) is 1. The first-order valence-electron chi connectivity index (χ1n) is 6.26. The van der Waals surface area contributed by atoms with Crippen molar-refractivity contribution < 1.29 is 9.47 Å². The van der Waals surface area contributed by atoms with Gasteiger partial charge in [-0.1, -0.05) is 24.3 Å². The van der Waals surface area contributed by atoms with Crippen molar-refractivity contribution >= 4 is 5.84 Å². The van der Waals surface area contributed by atoms with Crippen LogP contribution < -0.4 is 5.73 Å². The van der Waals surface area contributed by atoms with Gasteiger partial charge in [-0.15, -0.1) is 0 Å². The van der Waals surface area contributed by atoms with Crippen LogP contribution in [0, 0.1) is 6.92 Å². The summed E-state index contributed by atoms with van der Waals surface area (Å²) in [6.07, 6.45) is -0.538. The van der Waals surface area contributed by atoms with E-state index in [1.54, 1.807) is 0 Å². The average Bonchev–Trinajstić information content (AvgIpc) is 2.37. The first-order valence-corrected chi connectivity index (χ1v) is 6.26. The lowest BCUT2D eigenvalue weighted by molar-refractivity contribution is -0.0907. The summed E-state index contributed by atoms with van der Waals surface area (Å²) in [4.78, 5) is 4.34. The molecule has 0 aliphatic heterocycles. The molecule has 0 spiro atoms. The molecule has 0 unspecified atom stereocenters. The molecule has 100 valence electrons. The number of aliphatic imine (C=N–C) groups is 1. The van der Waals surface area contributed by atoms with E-state index in [1.807, 2.05) is 32.0 Å². The van der Waals surface area contributed by atoms with Crippen molar-refractivity contribution in [1.82, 2.24) is 0 Å². The summed E-state index contributed by atoms with van der Waals surface area (Å²) in [5.41, 5.74) is 8.25. The Bertz CT molecular complexity index is 385. The average molecular weight is 250 g/mol. The lowest BCUT2D eigenvalue weighted by Crippen LogP contribution is -2.34. The van der Waals surface area contributed by atoms with Crippen LogP contribution in [0.2, 0.25) is 0 Å². The monoisotopic (exact) mass is 250 g/mol. The molecule has 0 saturated carbocycles. The maximum absolute atomic E-state index is 5.89. The highest BCUT2D eigenvalue weighted by Crippen LogP contribution is 2.08. The molecule has 2 N–H and O–H groups in total. The van der Waals surface area contributed by atoms with Gasteiger partial charge in [0.25, 0.3) is 0 Å². The van der Waals surface area contributed by atoms with Gasteiger partial charge in [0.1, 0.15) is 0 Å². The lowest BCUT2D eigenvalue weighted by Gasteiger charge is -2.16. The highest BCUT2D eigenvalue weighted by Gasteiger charge is 2.12. The Balaban J connectivity index is 2.67. The van der Waals surface area contributed by atoms with Crippen molar-refractivity contribution in [3.05, 3.63) is 35.4 Å². The Labute approximate surface area is 109 Å². The van der Waals surface area contributed by atoms with Crippen LogP contribution in [0.4, 0.5) is 0 Å². The van der Waals surface area contributed by atoms with E-state index in [1.165, 1.54) is 5.56 Å². The summed E-state index contributed by atoms with van der Waals surface area (Å²) in [5.74, 6) is 0.391. The zero-order chi connectivity index (χ0) is 13.4. The Hall–Kier alpha value is -1.39. The normalized spacial score (nSPS) is 12.1. The van der Waals surface area contributed by atoms with Crippen molar-refractivity contribution in [2.75, 3.05) is 13.2 Å². The maximum Gasteiger partial charge on any atom is 0.216 e. The second-order valence-electron chi connectivity index (χ2n) is 3.91. The quantitative estimate of drug-likeness (QED) is 0.459. The second kappa shape index (κ2) is 7.84. The van der Waals surface area contributed by atoms with Gasteiger partial charge in [-0.2, -0.15) is 0 Å². The van der Waals surface area contributed by atoms with Crippen molar-refractivity contribution in [3.63, 3.8) is 0 Å². The zero-order valence-electron chi connectivity index (χ0n) is 11.3. The Morgan fingerprint density at radius 2 is 1.83 bits per heavy atom. The number of hydrogen-bond donors (Lipinski definition) is 1. The molecule has 0 fully saturated rings. The molecular weight excluding hydrogens is 228 g/mol. The maximum atomic E-state index is 5.89. The van der Waals surface area contributed by atoms with Gasteiger partial charge in [-0.25, -0.2) is 0 Å². The van der Waals surface area contributed by atoms with Crippen LogP contribution in [0.3, 0.4) is 0 Å². The predicted octanol–water partition coefficient (Wildman–Crippen LogP) is 2.25. The van der Waals surface area contributed by atoms with Gasteiger partial charge in [0.15, 0.2) is 5.84 Å². The van der Waals surface area contributed by atoms with Crippen LogP contribution in [0.5, 0.6) is 0 Å². The minimum atomic E-state index is -0.538. The summed E-state index contributed by atoms with van der Waals surface area (Å²) in [5, 5.41) is 0. The SMILES string of the molecule is CCOC(OCC)C(N)=NCc1ccccc1C. The van der Waals surface area contributed by atoms with E-state index >= 15 is 0 Å². The van der Waals surface area contributed by atoms with E-state index in [0.29, 0.717) is 25.6 Å². The predicted molar refractivity (Wildman–Crippen MR) is 73.5 cm³/mol. The van der Waals surface area contributed by atoms with E-state index in [2.05, 4.69) is 18.0 Å². The summed E-state index contributed by atoms with van der Waals surface area (Å²) in [6.45, 7) is 7.51. The third kappa shape index (κ3) is 4.47. The molecule has 0 amide bonds. The van der Waals surface area contributed by atoms with Gasteiger partial charge >= 0.3 is 0 Å². The van der Waals surface area contributed by atoms with Crippen LogP contribution in [-0.2, 0) is 16.0 Å². The van der Waals surface area contributed by atoms with E-state index in [-0.39, 0.29) is 0 Å². The van der Waals surface area contributed by atoms with Crippen LogP contribution in [0.15, 0.2) is 29.3 Å². The third-order valence-electron chi connectivity index (χ3n) is 2.57. The van der Waals surface area contributed by atoms with Crippen molar-refractivity contribution in [1.29, 1.82) is 0 Å². The Morgan fingerprint density at radius 1 is 1.22 bits per heavy atom. The van der Waals surface area contributed by atoms with Gasteiger partial charge in [0.2, 0.25) is 6.29 Å². The van der Waals surface area contributed by atoms with E-state index in [9.17, 15) is 0 Å². The van der Waals surface area contributed by atoms with Gasteiger partial charge in [0, 0.05) is 13.2 Å². The largest absolute Gasteiger partial charge is 0.383 e. The number of rotatable bonds is 7. The molecule has 0 aliphatic rings. The molecule has 0 aliphatic carbocycles. The molecule has 1 rings (SSSR count). The fourth-order valence-corrected chi connectivity index (χ4v) is 1.56. The number of hydrogen-bond acceptors (Lipinski definition) is 3. The molecule has 0 radical (unpaired) electrons. The van der Waals surface area contributed by atoms with Crippen LogP contribution in [0.1, 0.15) is 25.0 Å². The molecule has 4 heteroatoms. The summed E-state index contributed by atoms with van der Waals surface area (Å²) >= 11 is 0. The molecule has 0 saturated heterocycles. The van der Waals surface area contributed by atoms with Crippen molar-refractivity contribution in [3.8, 4) is 0 Å². The number of benzene rings is 1. The number of aryl methyl sites for hydroxylation is 1. The van der Waals surface area contributed by atoms with Crippen LogP contribution >= 0.6 is 0 Å². The fraction of sp³-hybridized carbons (Fsp3) is 0.500. The number of amidine groups is 1. The third-order valence-corrected chi connectivity index (χ3v) is 2.57. The molecule has 4 nitrogen and oxygen atoms in total. The molecule has 1 aromatic carbocycles. The lowest BCUT2D eigenvalue weighted by atomic mass is 10.1. The van der Waals surface area contributed by atoms with Crippen molar-refractivity contribution in [2.45, 2.75) is 33.6 Å². The molecule has 0 aromatic heterocycles. The second-order valence-corrected chi connectivity index (χ2v) is 3.91. The molecule has 0 bridgehead atoms. The van der Waals surface area contributed by atoms with E-state index < -0.39 is 6.29 Å². The Morgan fingerprint density at radius 3 is 2.39 bits per heavy atom. The van der Waals surface area contributed by atoms with Crippen molar-refractivity contribution in [2.24, 2.45) is 10.7 Å². The minimum absolute atomic E-state index is 0.391. The van der Waals surface area contributed by atoms with Gasteiger partial charge in [-0.3, -0.25) is 4.99 Å². The fourth-order valence-electron chi connectivity index (χ4n) is 1.56. The smallest absolute Gasteiger partial charge is 0.216 e. The first-order chi connectivity index (χ1) is 8.69. The van der Waals surface area contributed by atoms with Crippen LogP contribution in [0.25, 0.3) is 0 Å². The first kappa shape index (κ1) is 14.7. The zero-order valence-corrected chi connectivity index (χ0v) is 11.3. The number of ether oxygens (including phenoxy) is 2. The van der Waals surface area contributed by atoms with Crippen LogP contribution in [-0.4, -0.2) is 25.3 Å². The van der Waals surface area contributed by atoms with Gasteiger partial charge < -0.3 is 15.2 Å². The molecule has 1 aromatic rings. The molecule has 18 heavy (non-hydrogen) atoms. The van der Waals surface area contributed by atoms with E-state index in [0.717, 1.165) is 5.56 Å². The highest BCUT2D eigenvalue weighted by atomic mass is 16.7. The van der Waals surface area contributed by atoms with Gasteiger partial charge in [0.05, 0.1) is 6.54 Å².